The summed E-state index contributed by atoms with van der Waals surface area (Å²) in [6.45, 7) is 3.79. The van der Waals surface area contributed by atoms with Crippen LogP contribution in [0.25, 0.3) is 10.9 Å². The van der Waals surface area contributed by atoms with Crippen molar-refractivity contribution in [1.82, 2.24) is 25.0 Å². The minimum Gasteiger partial charge on any atom is -0.342 e. The zero-order chi connectivity index (χ0) is 19.8. The standard InChI is InChI=1S/C19H20BrN5O3/c1-10(2)16(18-23-17(24-28-18)11-3-4-11)22-15(26)8-25-9-21-14-6-5-12(20)7-13(14)19(25)27/h5-7,9-11,16H,3-4,8H2,1-2H3,(H,22,26). The van der Waals surface area contributed by atoms with Crippen LogP contribution in [0, 0.1) is 5.92 Å². The molecular weight excluding hydrogens is 426 g/mol. The van der Waals surface area contributed by atoms with Crippen LogP contribution in [-0.4, -0.2) is 25.6 Å². The van der Waals surface area contributed by atoms with Crippen LogP contribution in [0.15, 0.2) is 38.3 Å². The summed E-state index contributed by atoms with van der Waals surface area (Å²) in [6.07, 6.45) is 3.54. The first-order valence-electron chi connectivity index (χ1n) is 9.20. The number of halogens is 1. The van der Waals surface area contributed by atoms with E-state index >= 15 is 0 Å². The van der Waals surface area contributed by atoms with E-state index in [1.54, 1.807) is 12.1 Å². The second kappa shape index (κ2) is 7.46. The quantitative estimate of drug-likeness (QED) is 0.625. The van der Waals surface area contributed by atoms with Crippen LogP contribution >= 0.6 is 15.9 Å². The summed E-state index contributed by atoms with van der Waals surface area (Å²) in [5, 5.41) is 7.39. The average molecular weight is 446 g/mol. The van der Waals surface area contributed by atoms with Gasteiger partial charge in [0, 0.05) is 10.4 Å². The molecule has 0 saturated heterocycles. The first-order valence-corrected chi connectivity index (χ1v) is 9.99. The number of benzene rings is 1. The number of carbonyl (C=O) groups is 1. The molecule has 9 heteroatoms. The lowest BCUT2D eigenvalue weighted by Crippen LogP contribution is -2.36. The van der Waals surface area contributed by atoms with E-state index in [-0.39, 0.29) is 23.9 Å². The summed E-state index contributed by atoms with van der Waals surface area (Å²) in [4.78, 5) is 34.0. The highest BCUT2D eigenvalue weighted by Gasteiger charge is 2.31. The van der Waals surface area contributed by atoms with Crippen molar-refractivity contribution in [3.8, 4) is 0 Å². The van der Waals surface area contributed by atoms with E-state index in [1.807, 2.05) is 19.9 Å². The lowest BCUT2D eigenvalue weighted by Gasteiger charge is -2.18. The fourth-order valence-electron chi connectivity index (χ4n) is 3.01. The molecule has 1 aliphatic carbocycles. The highest BCUT2D eigenvalue weighted by atomic mass is 79.9. The van der Waals surface area contributed by atoms with Gasteiger partial charge in [0.2, 0.25) is 11.8 Å². The van der Waals surface area contributed by atoms with Crippen molar-refractivity contribution in [2.24, 2.45) is 5.92 Å². The van der Waals surface area contributed by atoms with Gasteiger partial charge in [0.1, 0.15) is 12.6 Å². The van der Waals surface area contributed by atoms with Gasteiger partial charge in [-0.3, -0.25) is 14.2 Å². The van der Waals surface area contributed by atoms with E-state index in [1.165, 1.54) is 10.9 Å². The normalized spacial score (nSPS) is 15.1. The van der Waals surface area contributed by atoms with Crippen LogP contribution in [0.2, 0.25) is 0 Å². The maximum atomic E-state index is 12.7. The predicted molar refractivity (Wildman–Crippen MR) is 106 cm³/mol. The Balaban J connectivity index is 1.52. The molecule has 8 nitrogen and oxygen atoms in total. The summed E-state index contributed by atoms with van der Waals surface area (Å²) < 4.78 is 7.45. The lowest BCUT2D eigenvalue weighted by molar-refractivity contribution is -0.123. The average Bonchev–Trinajstić information content (AvgIpc) is 3.40. The largest absolute Gasteiger partial charge is 0.342 e. The molecule has 1 aliphatic rings. The molecule has 1 aromatic carbocycles. The van der Waals surface area contributed by atoms with Crippen molar-refractivity contribution in [3.05, 3.63) is 51.1 Å². The molecule has 1 saturated carbocycles. The highest BCUT2D eigenvalue weighted by Crippen LogP contribution is 2.38. The zero-order valence-corrected chi connectivity index (χ0v) is 17.1. The number of nitrogens with one attached hydrogen (secondary N) is 1. The molecule has 0 radical (unpaired) electrons. The van der Waals surface area contributed by atoms with Crippen molar-refractivity contribution in [1.29, 1.82) is 0 Å². The van der Waals surface area contributed by atoms with Gasteiger partial charge in [-0.2, -0.15) is 4.98 Å². The number of amides is 1. The van der Waals surface area contributed by atoms with E-state index in [0.29, 0.717) is 28.5 Å². The Hall–Kier alpha value is -2.55. The number of hydrogen-bond acceptors (Lipinski definition) is 6. The number of aromatic nitrogens is 4. The molecule has 1 N–H and O–H groups in total. The van der Waals surface area contributed by atoms with Crippen molar-refractivity contribution in [3.63, 3.8) is 0 Å². The van der Waals surface area contributed by atoms with Gasteiger partial charge in [0.05, 0.1) is 17.2 Å². The summed E-state index contributed by atoms with van der Waals surface area (Å²) in [5.74, 6) is 1.22. The monoisotopic (exact) mass is 445 g/mol. The fourth-order valence-corrected chi connectivity index (χ4v) is 3.37. The highest BCUT2D eigenvalue weighted by molar-refractivity contribution is 9.10. The fraction of sp³-hybridized carbons (Fsp3) is 0.421. The molecule has 1 atom stereocenters. The Kier molecular flexibility index (Phi) is 5.01. The van der Waals surface area contributed by atoms with Gasteiger partial charge in [-0.05, 0) is 37.0 Å². The van der Waals surface area contributed by atoms with E-state index in [2.05, 4.69) is 36.4 Å². The molecule has 0 spiro atoms. The molecule has 2 heterocycles. The minimum atomic E-state index is -0.411. The van der Waals surface area contributed by atoms with E-state index in [0.717, 1.165) is 17.3 Å². The number of hydrogen-bond donors (Lipinski definition) is 1. The predicted octanol–water partition coefficient (Wildman–Crippen LogP) is 2.93. The summed E-state index contributed by atoms with van der Waals surface area (Å²) in [5.41, 5.74) is 0.319. The Bertz CT molecular complexity index is 1090. The Morgan fingerprint density at radius 3 is 2.89 bits per heavy atom. The van der Waals surface area contributed by atoms with Gasteiger partial charge in [0.15, 0.2) is 5.82 Å². The van der Waals surface area contributed by atoms with Crippen molar-refractivity contribution in [2.45, 2.75) is 45.2 Å². The first-order chi connectivity index (χ1) is 13.4. The van der Waals surface area contributed by atoms with Crippen LogP contribution < -0.4 is 10.9 Å². The summed E-state index contributed by atoms with van der Waals surface area (Å²) in [6, 6.07) is 4.87. The second-order valence-corrected chi connectivity index (χ2v) is 8.31. The van der Waals surface area contributed by atoms with Crippen molar-refractivity contribution < 1.29 is 9.32 Å². The number of fused-ring (bicyclic) bond motifs is 1. The molecule has 146 valence electrons. The van der Waals surface area contributed by atoms with Gasteiger partial charge in [-0.1, -0.05) is 34.9 Å². The van der Waals surface area contributed by atoms with Gasteiger partial charge < -0.3 is 9.84 Å². The molecule has 1 unspecified atom stereocenters. The number of nitrogens with zero attached hydrogens (tertiary/aromatic N) is 4. The molecular formula is C19H20BrN5O3. The number of rotatable bonds is 6. The van der Waals surface area contributed by atoms with Crippen LogP contribution in [0.5, 0.6) is 0 Å². The third-order valence-corrected chi connectivity index (χ3v) is 5.24. The van der Waals surface area contributed by atoms with Gasteiger partial charge in [-0.25, -0.2) is 4.98 Å². The third-order valence-electron chi connectivity index (χ3n) is 4.75. The Labute approximate surface area is 169 Å². The number of carbonyl (C=O) groups excluding carboxylic acids is 1. The lowest BCUT2D eigenvalue weighted by atomic mass is 10.0. The molecule has 3 aromatic rings. The first kappa shape index (κ1) is 18.8. The van der Waals surface area contributed by atoms with Gasteiger partial charge in [0.25, 0.3) is 5.56 Å². The van der Waals surface area contributed by atoms with Crippen LogP contribution in [0.1, 0.15) is 50.4 Å². The van der Waals surface area contributed by atoms with Gasteiger partial charge in [-0.15, -0.1) is 0 Å². The van der Waals surface area contributed by atoms with E-state index < -0.39 is 6.04 Å². The van der Waals surface area contributed by atoms with Crippen LogP contribution in [0.3, 0.4) is 0 Å². The molecule has 1 amide bonds. The molecule has 28 heavy (non-hydrogen) atoms. The molecule has 4 rings (SSSR count). The Morgan fingerprint density at radius 1 is 1.39 bits per heavy atom. The Morgan fingerprint density at radius 2 is 2.18 bits per heavy atom. The van der Waals surface area contributed by atoms with Crippen molar-refractivity contribution in [2.75, 3.05) is 0 Å². The zero-order valence-electron chi connectivity index (χ0n) is 15.6. The van der Waals surface area contributed by atoms with Crippen molar-refractivity contribution >= 4 is 32.7 Å². The summed E-state index contributed by atoms with van der Waals surface area (Å²) >= 11 is 3.35. The molecule has 0 bridgehead atoms. The third kappa shape index (κ3) is 3.84. The SMILES string of the molecule is CC(C)C(NC(=O)Cn1cnc2ccc(Br)cc2c1=O)c1nc(C2CC2)no1. The minimum absolute atomic E-state index is 0.0545. The summed E-state index contributed by atoms with van der Waals surface area (Å²) in [7, 11) is 0. The maximum Gasteiger partial charge on any atom is 0.261 e. The molecule has 1 fully saturated rings. The maximum absolute atomic E-state index is 12.7. The van der Waals surface area contributed by atoms with Crippen LogP contribution in [-0.2, 0) is 11.3 Å². The molecule has 2 aromatic heterocycles. The van der Waals surface area contributed by atoms with E-state index in [9.17, 15) is 9.59 Å². The second-order valence-electron chi connectivity index (χ2n) is 7.39. The van der Waals surface area contributed by atoms with E-state index in [4.69, 9.17) is 4.52 Å². The smallest absolute Gasteiger partial charge is 0.261 e. The van der Waals surface area contributed by atoms with Crippen LogP contribution in [0.4, 0.5) is 0 Å². The molecule has 0 aliphatic heterocycles. The van der Waals surface area contributed by atoms with Gasteiger partial charge >= 0.3 is 0 Å². The topological polar surface area (TPSA) is 103 Å².